The molecular formula is C20H25BN4O11. The number of imide groups is 1. The Morgan fingerprint density at radius 2 is 1.89 bits per heavy atom. The van der Waals surface area contributed by atoms with Crippen molar-refractivity contribution in [1.82, 2.24) is 20.4 Å². The van der Waals surface area contributed by atoms with Gasteiger partial charge in [-0.05, 0) is 31.9 Å². The van der Waals surface area contributed by atoms with Crippen LogP contribution < -0.4 is 15.3 Å². The number of urea groups is 1. The maximum absolute atomic E-state index is 12.9. The van der Waals surface area contributed by atoms with Crippen LogP contribution >= 0.6 is 0 Å². The molecule has 5 amide bonds. The SMILES string of the molecule is CCN1CCN(C(=O)N[C@@H](C(=O)N[C@H]2Cc3cc(O)c(O)c(C(=O)O)c3OB2O)[C@H](C)O)C(=O)C1=O. The predicted molar refractivity (Wildman–Crippen MR) is 119 cm³/mol. The van der Waals surface area contributed by atoms with Crippen molar-refractivity contribution in [3.8, 4) is 17.2 Å². The van der Waals surface area contributed by atoms with E-state index < -0.39 is 77.7 Å². The van der Waals surface area contributed by atoms with Gasteiger partial charge in [-0.2, -0.15) is 0 Å². The molecule has 3 rings (SSSR count). The normalized spacial score (nSPS) is 19.2. The van der Waals surface area contributed by atoms with Crippen LogP contribution in [0, 0.1) is 0 Å². The molecule has 2 aliphatic heterocycles. The van der Waals surface area contributed by atoms with Gasteiger partial charge >= 0.3 is 30.9 Å². The first kappa shape index (κ1) is 26.6. The molecule has 0 aromatic heterocycles. The average molecular weight is 508 g/mol. The lowest BCUT2D eigenvalue weighted by atomic mass is 9.72. The number of fused-ring (bicyclic) bond motifs is 1. The highest BCUT2D eigenvalue weighted by Crippen LogP contribution is 2.41. The van der Waals surface area contributed by atoms with E-state index in [4.69, 9.17) is 4.65 Å². The van der Waals surface area contributed by atoms with Crippen LogP contribution in [0.3, 0.4) is 0 Å². The molecule has 36 heavy (non-hydrogen) atoms. The quantitative estimate of drug-likeness (QED) is 0.120. The van der Waals surface area contributed by atoms with Gasteiger partial charge in [0.05, 0.1) is 12.0 Å². The molecule has 7 N–H and O–H groups in total. The number of hydrogen-bond acceptors (Lipinski definition) is 10. The van der Waals surface area contributed by atoms with Crippen molar-refractivity contribution in [2.45, 2.75) is 38.4 Å². The zero-order valence-corrected chi connectivity index (χ0v) is 19.3. The number of carboxylic acids is 1. The van der Waals surface area contributed by atoms with Crippen molar-refractivity contribution in [1.29, 1.82) is 0 Å². The summed E-state index contributed by atoms with van der Waals surface area (Å²) >= 11 is 0. The van der Waals surface area contributed by atoms with Crippen LogP contribution in [-0.4, -0.2) is 110 Å². The maximum Gasteiger partial charge on any atom is 0.547 e. The minimum Gasteiger partial charge on any atom is -0.534 e. The lowest BCUT2D eigenvalue weighted by molar-refractivity contribution is -0.153. The number of aromatic carboxylic acids is 1. The number of carboxylic acid groups (broad SMARTS) is 1. The summed E-state index contributed by atoms with van der Waals surface area (Å²) in [6.45, 7) is 3.12. The summed E-state index contributed by atoms with van der Waals surface area (Å²) < 4.78 is 5.18. The fraction of sp³-hybridized carbons (Fsp3) is 0.450. The zero-order valence-electron chi connectivity index (χ0n) is 19.3. The Morgan fingerprint density at radius 3 is 2.47 bits per heavy atom. The Hall–Kier alpha value is -4.05. The molecule has 2 heterocycles. The zero-order chi connectivity index (χ0) is 26.9. The van der Waals surface area contributed by atoms with E-state index >= 15 is 0 Å². The summed E-state index contributed by atoms with van der Waals surface area (Å²) in [4.78, 5) is 63.1. The van der Waals surface area contributed by atoms with Crippen LogP contribution in [0.4, 0.5) is 4.79 Å². The van der Waals surface area contributed by atoms with Crippen molar-refractivity contribution in [3.63, 3.8) is 0 Å². The number of piperazine rings is 1. The van der Waals surface area contributed by atoms with Gasteiger partial charge in [0.1, 0.15) is 17.4 Å². The van der Waals surface area contributed by atoms with Gasteiger partial charge < -0.3 is 45.6 Å². The average Bonchev–Trinajstić information content (AvgIpc) is 2.80. The van der Waals surface area contributed by atoms with Gasteiger partial charge in [-0.1, -0.05) is 0 Å². The van der Waals surface area contributed by atoms with E-state index in [-0.39, 0.29) is 31.6 Å². The van der Waals surface area contributed by atoms with Crippen molar-refractivity contribution < 1.29 is 54.1 Å². The second-order valence-corrected chi connectivity index (χ2v) is 8.25. The van der Waals surface area contributed by atoms with Crippen LogP contribution in [0.5, 0.6) is 17.2 Å². The second kappa shape index (κ2) is 10.3. The third kappa shape index (κ3) is 4.99. The largest absolute Gasteiger partial charge is 0.547 e. The number of aliphatic hydroxyl groups is 1. The van der Waals surface area contributed by atoms with Crippen molar-refractivity contribution in [2.24, 2.45) is 0 Å². The Balaban J connectivity index is 1.74. The van der Waals surface area contributed by atoms with E-state index in [0.29, 0.717) is 4.90 Å². The highest BCUT2D eigenvalue weighted by Gasteiger charge is 2.42. The molecule has 15 nitrogen and oxygen atoms in total. The number of nitrogens with zero attached hydrogens (tertiary/aromatic N) is 2. The molecule has 1 aromatic carbocycles. The summed E-state index contributed by atoms with van der Waals surface area (Å²) in [7, 11) is -1.80. The standard InChI is InChI=1S/C20H25BN4O11/c1-3-24-4-5-25(18(31)17(24)30)20(34)23-13(8(2)26)16(29)22-11-7-9-6-10(27)14(28)12(19(32)33)15(9)36-21(11)35/h6,8,11,13,26-28,35H,3-5,7H2,1-2H3,(H,22,29)(H,23,34)(H,32,33)/t8-,11-,13+/m0/s1. The Morgan fingerprint density at radius 1 is 1.22 bits per heavy atom. The Labute approximate surface area is 204 Å². The van der Waals surface area contributed by atoms with Crippen LogP contribution in [0.15, 0.2) is 6.07 Å². The number of carbonyl (C=O) groups is 5. The molecule has 0 unspecified atom stereocenters. The molecule has 0 bridgehead atoms. The van der Waals surface area contributed by atoms with Gasteiger partial charge in [0.25, 0.3) is 0 Å². The predicted octanol–water partition coefficient (Wildman–Crippen LogP) is -2.61. The summed E-state index contributed by atoms with van der Waals surface area (Å²) in [5, 5.41) is 53.9. The molecule has 194 valence electrons. The molecule has 1 saturated heterocycles. The topological polar surface area (TPSA) is 226 Å². The van der Waals surface area contributed by atoms with E-state index in [1.165, 1.54) is 11.8 Å². The van der Waals surface area contributed by atoms with Crippen molar-refractivity contribution >= 4 is 36.8 Å². The molecule has 0 saturated carbocycles. The molecule has 0 spiro atoms. The Kier molecular flexibility index (Phi) is 7.59. The Bertz CT molecular complexity index is 1110. The summed E-state index contributed by atoms with van der Waals surface area (Å²) in [6.07, 6.45) is -1.71. The molecule has 3 atom stereocenters. The highest BCUT2D eigenvalue weighted by atomic mass is 16.5. The first-order chi connectivity index (χ1) is 16.9. The number of nitrogens with one attached hydrogen (secondary N) is 2. The minimum absolute atomic E-state index is 0.0498. The summed E-state index contributed by atoms with van der Waals surface area (Å²) in [5.41, 5.74) is -0.723. The van der Waals surface area contributed by atoms with E-state index in [9.17, 15) is 49.4 Å². The number of phenols is 2. The number of amides is 5. The van der Waals surface area contributed by atoms with E-state index in [1.54, 1.807) is 6.92 Å². The molecule has 2 aliphatic rings. The molecule has 0 radical (unpaired) electrons. The first-order valence-corrected chi connectivity index (χ1v) is 10.9. The summed E-state index contributed by atoms with van der Waals surface area (Å²) in [6, 6.07) is -1.68. The molecule has 1 fully saturated rings. The van der Waals surface area contributed by atoms with E-state index in [0.717, 1.165) is 6.07 Å². The van der Waals surface area contributed by atoms with Gasteiger partial charge in [0.15, 0.2) is 11.5 Å². The number of likely N-dealkylation sites (N-methyl/N-ethyl adjacent to an activating group) is 1. The van der Waals surface area contributed by atoms with Gasteiger partial charge in [0.2, 0.25) is 5.91 Å². The van der Waals surface area contributed by atoms with Gasteiger partial charge in [0, 0.05) is 19.6 Å². The number of phenolic OH excluding ortho intramolecular Hbond substituents is 1. The van der Waals surface area contributed by atoms with Crippen LogP contribution in [-0.2, 0) is 20.8 Å². The van der Waals surface area contributed by atoms with Crippen LogP contribution in [0.2, 0.25) is 0 Å². The van der Waals surface area contributed by atoms with Crippen molar-refractivity contribution in [2.75, 3.05) is 19.6 Å². The van der Waals surface area contributed by atoms with Gasteiger partial charge in [-0.25, -0.2) is 9.59 Å². The van der Waals surface area contributed by atoms with E-state index in [1.807, 2.05) is 0 Å². The highest BCUT2D eigenvalue weighted by molar-refractivity contribution is 6.47. The number of aromatic hydroxyl groups is 2. The number of carbonyl (C=O) groups excluding carboxylic acids is 4. The first-order valence-electron chi connectivity index (χ1n) is 10.9. The fourth-order valence-electron chi connectivity index (χ4n) is 3.90. The molecule has 16 heteroatoms. The third-order valence-electron chi connectivity index (χ3n) is 5.85. The van der Waals surface area contributed by atoms with Crippen LogP contribution in [0.25, 0.3) is 0 Å². The number of benzene rings is 1. The fourth-order valence-corrected chi connectivity index (χ4v) is 3.90. The lowest BCUT2D eigenvalue weighted by Gasteiger charge is -2.33. The molecule has 1 aromatic rings. The third-order valence-corrected chi connectivity index (χ3v) is 5.85. The van der Waals surface area contributed by atoms with E-state index in [2.05, 4.69) is 10.6 Å². The maximum atomic E-state index is 12.9. The smallest absolute Gasteiger partial charge is 0.534 e. The lowest BCUT2D eigenvalue weighted by Crippen LogP contribution is -2.63. The van der Waals surface area contributed by atoms with Crippen molar-refractivity contribution in [3.05, 3.63) is 17.2 Å². The van der Waals surface area contributed by atoms with Crippen LogP contribution in [0.1, 0.15) is 29.8 Å². The number of hydrogen-bond donors (Lipinski definition) is 7. The molecular weight excluding hydrogens is 483 g/mol. The summed E-state index contributed by atoms with van der Waals surface area (Å²) in [5.74, 6) is -7.91. The van der Waals surface area contributed by atoms with Gasteiger partial charge in [-0.15, -0.1) is 0 Å². The van der Waals surface area contributed by atoms with Gasteiger partial charge in [-0.3, -0.25) is 19.3 Å². The monoisotopic (exact) mass is 508 g/mol. The number of aliphatic hydroxyl groups excluding tert-OH is 1. The minimum atomic E-state index is -1.80. The second-order valence-electron chi connectivity index (χ2n) is 8.25. The number of rotatable bonds is 6. The molecule has 0 aliphatic carbocycles.